The van der Waals surface area contributed by atoms with Crippen molar-refractivity contribution in [1.82, 2.24) is 10.3 Å². The number of alkyl halides is 3. The van der Waals surface area contributed by atoms with Gasteiger partial charge in [0.25, 0.3) is 5.91 Å². The number of hydrogen-bond donors (Lipinski definition) is 2. The number of carbonyl (C=O) groups is 2. The molecule has 2 fully saturated rings. The summed E-state index contributed by atoms with van der Waals surface area (Å²) < 4.78 is 74.1. The Balaban J connectivity index is 1.35. The summed E-state index contributed by atoms with van der Waals surface area (Å²) in [6, 6.07) is 18.7. The molecule has 11 heteroatoms. The zero-order chi connectivity index (χ0) is 32.6. The summed E-state index contributed by atoms with van der Waals surface area (Å²) in [5, 5.41) is 5.54. The third-order valence-corrected chi connectivity index (χ3v) is 8.69. The lowest BCUT2D eigenvalue weighted by Crippen LogP contribution is -2.48. The van der Waals surface area contributed by atoms with Crippen LogP contribution in [0.2, 0.25) is 0 Å². The van der Waals surface area contributed by atoms with Crippen LogP contribution in [-0.4, -0.2) is 29.9 Å². The van der Waals surface area contributed by atoms with Crippen LogP contribution in [-0.2, 0) is 11.0 Å². The molecule has 0 spiro atoms. The number of nitrogens with one attached hydrogen (secondary N) is 2. The number of aromatic nitrogens is 1. The molecule has 2 unspecified atom stereocenters. The maximum absolute atomic E-state index is 14.5. The molecule has 2 amide bonds. The first-order chi connectivity index (χ1) is 22.0. The van der Waals surface area contributed by atoms with E-state index in [1.165, 1.54) is 31.5 Å². The van der Waals surface area contributed by atoms with Crippen LogP contribution in [0.25, 0.3) is 17.2 Å². The topological polar surface area (TPSA) is 80.3 Å². The molecule has 2 aliphatic rings. The van der Waals surface area contributed by atoms with Gasteiger partial charge in [-0.3, -0.25) is 9.59 Å². The van der Waals surface area contributed by atoms with Crippen LogP contribution < -0.4 is 15.4 Å². The number of halogens is 5. The van der Waals surface area contributed by atoms with E-state index >= 15 is 0 Å². The number of fused-ring (bicyclic) bond motifs is 2. The van der Waals surface area contributed by atoms with Crippen molar-refractivity contribution in [2.24, 2.45) is 17.8 Å². The van der Waals surface area contributed by atoms with E-state index in [1.54, 1.807) is 12.1 Å². The van der Waals surface area contributed by atoms with Crippen LogP contribution in [0.3, 0.4) is 0 Å². The first kappa shape index (κ1) is 30.9. The summed E-state index contributed by atoms with van der Waals surface area (Å²) in [7, 11) is 1.39. The molecule has 4 atom stereocenters. The third kappa shape index (κ3) is 5.96. The molecule has 6 nitrogen and oxygen atoms in total. The molecule has 0 aliphatic heterocycles. The van der Waals surface area contributed by atoms with Crippen LogP contribution in [0.5, 0.6) is 5.75 Å². The summed E-state index contributed by atoms with van der Waals surface area (Å²) in [6.45, 7) is 0. The molecule has 2 aliphatic carbocycles. The lowest BCUT2D eigenvalue weighted by atomic mass is 9.83. The van der Waals surface area contributed by atoms with Crippen LogP contribution >= 0.6 is 0 Å². The lowest BCUT2D eigenvalue weighted by molar-refractivity contribution is -0.140. The Kier molecular flexibility index (Phi) is 8.33. The molecule has 2 bridgehead atoms. The van der Waals surface area contributed by atoms with E-state index in [9.17, 15) is 31.5 Å². The highest BCUT2D eigenvalue weighted by atomic mass is 19.4. The van der Waals surface area contributed by atoms with E-state index in [0.29, 0.717) is 30.5 Å². The molecule has 46 heavy (non-hydrogen) atoms. The first-order valence-electron chi connectivity index (χ1n) is 14.6. The fraction of sp³-hybridized carbons (Fsp3) is 0.229. The standard InChI is InChI=1S/C35H28F5N3O3/c1-46-29-14-9-20(22-8-5-15-41-32(22)37)17-26(29)33(44)43-31-24-12-11-23(25(24)16-19-6-3-2-4-7-19)30(31)34(45)42-21-10-13-28(36)27(18-21)35(38,39)40/h2-10,13-18,23-24,30-31H,11-12H2,1H3,(H,42,45)(H,43,44)/b25-16-/t23?,24?,30-,31+/m0/s1. The predicted octanol–water partition coefficient (Wildman–Crippen LogP) is 7.53. The first-order valence-corrected chi connectivity index (χ1v) is 14.6. The molecule has 3 aromatic carbocycles. The van der Waals surface area contributed by atoms with Crippen molar-refractivity contribution in [2.45, 2.75) is 25.1 Å². The van der Waals surface area contributed by atoms with Gasteiger partial charge < -0.3 is 15.4 Å². The molecule has 1 heterocycles. The number of carbonyl (C=O) groups excluding carboxylic acids is 2. The van der Waals surface area contributed by atoms with Crippen LogP contribution in [0.15, 0.2) is 90.6 Å². The molecular weight excluding hydrogens is 605 g/mol. The number of nitrogens with zero attached hydrogens (tertiary/aromatic N) is 1. The summed E-state index contributed by atoms with van der Waals surface area (Å²) in [6.07, 6.45) is -0.353. The average Bonchev–Trinajstić information content (AvgIpc) is 3.56. The van der Waals surface area contributed by atoms with Gasteiger partial charge in [-0.25, -0.2) is 9.37 Å². The van der Waals surface area contributed by atoms with Crippen molar-refractivity contribution in [3.05, 3.63) is 119 Å². The smallest absolute Gasteiger partial charge is 0.419 e. The minimum atomic E-state index is -4.95. The van der Waals surface area contributed by atoms with Gasteiger partial charge >= 0.3 is 6.18 Å². The molecule has 0 saturated heterocycles. The molecule has 6 rings (SSSR count). The second-order valence-corrected chi connectivity index (χ2v) is 11.3. The third-order valence-electron chi connectivity index (χ3n) is 8.69. The van der Waals surface area contributed by atoms with Gasteiger partial charge in [-0.15, -0.1) is 0 Å². The molecule has 4 aromatic rings. The number of methoxy groups -OCH3 is 1. The number of amides is 2. The SMILES string of the molecule is COc1ccc(-c2cccnc2F)cc1C(=O)N[C@@H]1C2CCC(/C2=C/c2ccccc2)[C@@H]1C(=O)Nc1ccc(F)c(C(F)(F)F)c1. The largest absolute Gasteiger partial charge is 0.496 e. The molecule has 1 aromatic heterocycles. The van der Waals surface area contributed by atoms with E-state index in [1.807, 2.05) is 36.4 Å². The van der Waals surface area contributed by atoms with E-state index in [-0.39, 0.29) is 34.4 Å². The Morgan fingerprint density at radius 3 is 2.41 bits per heavy atom. The van der Waals surface area contributed by atoms with Crippen molar-refractivity contribution in [3.63, 3.8) is 0 Å². The van der Waals surface area contributed by atoms with Crippen molar-refractivity contribution in [2.75, 3.05) is 12.4 Å². The number of anilines is 1. The van der Waals surface area contributed by atoms with Gasteiger partial charge in [-0.2, -0.15) is 17.6 Å². The predicted molar refractivity (Wildman–Crippen MR) is 162 cm³/mol. The zero-order valence-electron chi connectivity index (χ0n) is 24.4. The molecular formula is C35H28F5N3O3. The van der Waals surface area contributed by atoms with Gasteiger partial charge in [0, 0.05) is 29.4 Å². The highest BCUT2D eigenvalue weighted by molar-refractivity contribution is 6.00. The Morgan fingerprint density at radius 2 is 1.70 bits per heavy atom. The van der Waals surface area contributed by atoms with Crippen molar-refractivity contribution >= 4 is 23.6 Å². The van der Waals surface area contributed by atoms with E-state index < -0.39 is 47.3 Å². The van der Waals surface area contributed by atoms with Crippen LogP contribution in [0.4, 0.5) is 27.6 Å². The maximum atomic E-state index is 14.5. The second kappa shape index (κ2) is 12.4. The van der Waals surface area contributed by atoms with Gasteiger partial charge in [0.05, 0.1) is 24.2 Å². The molecule has 2 saturated carbocycles. The molecule has 0 radical (unpaired) electrons. The van der Waals surface area contributed by atoms with Crippen molar-refractivity contribution in [3.8, 4) is 16.9 Å². The summed E-state index contributed by atoms with van der Waals surface area (Å²) in [5.74, 6) is -4.51. The number of pyridine rings is 1. The highest BCUT2D eigenvalue weighted by Gasteiger charge is 2.54. The molecule has 236 valence electrons. The Morgan fingerprint density at radius 1 is 0.935 bits per heavy atom. The van der Waals surface area contributed by atoms with E-state index in [4.69, 9.17) is 4.74 Å². The van der Waals surface area contributed by atoms with Gasteiger partial charge in [0.15, 0.2) is 0 Å². The van der Waals surface area contributed by atoms with Gasteiger partial charge in [-0.05, 0) is 72.4 Å². The minimum Gasteiger partial charge on any atom is -0.496 e. The Hall–Kier alpha value is -5.06. The summed E-state index contributed by atoms with van der Waals surface area (Å²) in [5.41, 5.74) is 0.818. The number of hydrogen-bond acceptors (Lipinski definition) is 4. The second-order valence-electron chi connectivity index (χ2n) is 11.3. The monoisotopic (exact) mass is 633 g/mol. The fourth-order valence-electron chi connectivity index (χ4n) is 6.66. The van der Waals surface area contributed by atoms with Gasteiger partial charge in [0.2, 0.25) is 11.9 Å². The van der Waals surface area contributed by atoms with Crippen molar-refractivity contribution in [1.29, 1.82) is 0 Å². The summed E-state index contributed by atoms with van der Waals surface area (Å²) >= 11 is 0. The number of benzene rings is 3. The van der Waals surface area contributed by atoms with E-state index in [2.05, 4.69) is 15.6 Å². The normalized spacial score (nSPS) is 21.3. The summed E-state index contributed by atoms with van der Waals surface area (Å²) in [4.78, 5) is 31.4. The Bertz CT molecular complexity index is 1830. The Labute approximate surface area is 261 Å². The van der Waals surface area contributed by atoms with E-state index in [0.717, 1.165) is 17.2 Å². The highest BCUT2D eigenvalue weighted by Crippen LogP contribution is 2.53. The number of ether oxygens (including phenoxy) is 1. The quantitative estimate of drug-likeness (QED) is 0.163. The van der Waals surface area contributed by atoms with Crippen LogP contribution in [0, 0.1) is 29.5 Å². The fourth-order valence-corrected chi connectivity index (χ4v) is 6.66. The minimum absolute atomic E-state index is 0.104. The van der Waals surface area contributed by atoms with Crippen LogP contribution in [0.1, 0.15) is 34.3 Å². The zero-order valence-corrected chi connectivity index (χ0v) is 24.4. The average molecular weight is 634 g/mol. The lowest BCUT2D eigenvalue weighted by Gasteiger charge is -2.30. The number of rotatable bonds is 7. The van der Waals surface area contributed by atoms with Crippen molar-refractivity contribution < 1.29 is 36.3 Å². The van der Waals surface area contributed by atoms with Gasteiger partial charge in [0.1, 0.15) is 11.6 Å². The maximum Gasteiger partial charge on any atom is 0.419 e. The van der Waals surface area contributed by atoms with Gasteiger partial charge in [-0.1, -0.05) is 48.0 Å². The molecule has 2 N–H and O–H groups in total.